The summed E-state index contributed by atoms with van der Waals surface area (Å²) in [6.45, 7) is 9.04. The highest BCUT2D eigenvalue weighted by Crippen LogP contribution is 2.38. The van der Waals surface area contributed by atoms with Crippen LogP contribution in [0.5, 0.6) is 5.75 Å². The third-order valence-corrected chi connectivity index (χ3v) is 7.65. The molecule has 0 spiro atoms. The minimum atomic E-state index is -0.615. The van der Waals surface area contributed by atoms with Crippen LogP contribution >= 0.6 is 0 Å². The minimum absolute atomic E-state index is 0.0102. The van der Waals surface area contributed by atoms with Crippen molar-refractivity contribution in [1.29, 1.82) is 0 Å². The number of hydrogen-bond acceptors (Lipinski definition) is 6. The van der Waals surface area contributed by atoms with E-state index in [0.717, 1.165) is 42.7 Å². The van der Waals surface area contributed by atoms with Crippen molar-refractivity contribution < 1.29 is 23.5 Å². The summed E-state index contributed by atoms with van der Waals surface area (Å²) in [5.41, 5.74) is 4.33. The van der Waals surface area contributed by atoms with Gasteiger partial charge in [-0.2, -0.15) is 0 Å². The molecule has 8 heteroatoms. The molecule has 0 N–H and O–H groups in total. The Bertz CT molecular complexity index is 1280. The minimum Gasteiger partial charge on any atom is -0.481 e. The van der Waals surface area contributed by atoms with E-state index in [0.29, 0.717) is 37.8 Å². The van der Waals surface area contributed by atoms with E-state index in [4.69, 9.17) is 13.9 Å². The summed E-state index contributed by atoms with van der Waals surface area (Å²) < 4.78 is 16.9. The zero-order chi connectivity index (χ0) is 27.4. The fraction of sp³-hybridized carbons (Fsp3) is 0.419. The summed E-state index contributed by atoms with van der Waals surface area (Å²) in [6.07, 6.45) is 1.64. The van der Waals surface area contributed by atoms with Crippen molar-refractivity contribution in [3.05, 3.63) is 88.9 Å². The van der Waals surface area contributed by atoms with Gasteiger partial charge in [-0.3, -0.25) is 14.5 Å². The number of carbonyl (C=O) groups excluding carboxylic acids is 2. The molecule has 3 aromatic rings. The first-order chi connectivity index (χ1) is 18.9. The lowest BCUT2D eigenvalue weighted by atomic mass is 9.87. The van der Waals surface area contributed by atoms with E-state index < -0.39 is 6.10 Å². The number of hydrogen-bond donors (Lipinski definition) is 0. The van der Waals surface area contributed by atoms with Crippen molar-refractivity contribution in [2.45, 2.75) is 32.4 Å². The highest BCUT2D eigenvalue weighted by Gasteiger charge is 2.34. The number of ether oxygens (including phenoxy) is 2. The van der Waals surface area contributed by atoms with Crippen LogP contribution in [0.15, 0.2) is 65.3 Å². The third kappa shape index (κ3) is 6.02. The highest BCUT2D eigenvalue weighted by molar-refractivity contribution is 5.92. The van der Waals surface area contributed by atoms with Crippen molar-refractivity contribution in [1.82, 2.24) is 14.7 Å². The molecule has 2 amide bonds. The second-order valence-electron chi connectivity index (χ2n) is 10.3. The van der Waals surface area contributed by atoms with Crippen molar-refractivity contribution in [2.24, 2.45) is 0 Å². The molecule has 1 aromatic heterocycles. The highest BCUT2D eigenvalue weighted by atomic mass is 16.5. The molecule has 2 aromatic carbocycles. The molecule has 3 heterocycles. The van der Waals surface area contributed by atoms with Crippen LogP contribution in [-0.2, 0) is 16.0 Å². The number of piperazine rings is 1. The average molecular weight is 532 g/mol. The van der Waals surface area contributed by atoms with Crippen LogP contribution in [0.2, 0.25) is 0 Å². The van der Waals surface area contributed by atoms with Gasteiger partial charge >= 0.3 is 0 Å². The number of methoxy groups -OCH3 is 1. The Morgan fingerprint density at radius 1 is 1.03 bits per heavy atom. The van der Waals surface area contributed by atoms with Crippen LogP contribution < -0.4 is 4.74 Å². The van der Waals surface area contributed by atoms with Gasteiger partial charge in [0.15, 0.2) is 11.9 Å². The Labute approximate surface area is 230 Å². The lowest BCUT2D eigenvalue weighted by Crippen LogP contribution is -2.52. The first kappa shape index (κ1) is 27.0. The lowest BCUT2D eigenvalue weighted by Gasteiger charge is -2.38. The predicted octanol–water partition coefficient (Wildman–Crippen LogP) is 3.93. The topological polar surface area (TPSA) is 75.5 Å². The van der Waals surface area contributed by atoms with Crippen molar-refractivity contribution >= 4 is 11.8 Å². The molecule has 2 unspecified atom stereocenters. The fourth-order valence-electron chi connectivity index (χ4n) is 5.55. The zero-order valence-corrected chi connectivity index (χ0v) is 23.0. The molecule has 2 aliphatic heterocycles. The standard InChI is InChI=1S/C31H37N3O5/c1-22-6-4-7-25(20-22)29-27-21-26(10-9-24(27)11-12-34(29)31(36)28-8-5-18-38-28)39-23(2)30(35)33-15-13-32(14-16-33)17-19-37-3/h4-10,18,20-21,23,29H,11-17,19H2,1-3H3. The Hall–Kier alpha value is -3.62. The maximum absolute atomic E-state index is 13.5. The van der Waals surface area contributed by atoms with Gasteiger partial charge in [-0.1, -0.05) is 35.9 Å². The van der Waals surface area contributed by atoms with Crippen LogP contribution in [0.4, 0.5) is 0 Å². The molecule has 0 aliphatic carbocycles. The largest absolute Gasteiger partial charge is 0.481 e. The molecule has 1 saturated heterocycles. The second-order valence-corrected chi connectivity index (χ2v) is 10.3. The van der Waals surface area contributed by atoms with Gasteiger partial charge < -0.3 is 23.7 Å². The maximum atomic E-state index is 13.5. The summed E-state index contributed by atoms with van der Waals surface area (Å²) in [5, 5.41) is 0. The summed E-state index contributed by atoms with van der Waals surface area (Å²) in [4.78, 5) is 32.8. The van der Waals surface area contributed by atoms with Crippen molar-refractivity contribution in [3.8, 4) is 5.75 Å². The molecule has 1 fully saturated rings. The van der Waals surface area contributed by atoms with Crippen LogP contribution in [0.1, 0.15) is 45.8 Å². The first-order valence-electron chi connectivity index (χ1n) is 13.6. The average Bonchev–Trinajstić information content (AvgIpc) is 3.50. The molecule has 0 bridgehead atoms. The SMILES string of the molecule is COCCN1CCN(C(=O)C(C)Oc2ccc3c(c2)C(c2cccc(C)c2)N(C(=O)c2ccco2)CC3)CC1. The number of rotatable bonds is 8. The number of furan rings is 1. The van der Waals surface area contributed by atoms with Gasteiger partial charge in [0.05, 0.1) is 18.9 Å². The number of benzene rings is 2. The van der Waals surface area contributed by atoms with E-state index in [1.165, 1.54) is 11.8 Å². The van der Waals surface area contributed by atoms with Gasteiger partial charge in [0.2, 0.25) is 0 Å². The van der Waals surface area contributed by atoms with Gasteiger partial charge in [0.25, 0.3) is 11.8 Å². The number of amides is 2. The van der Waals surface area contributed by atoms with Crippen molar-refractivity contribution in [2.75, 3.05) is 53.0 Å². The van der Waals surface area contributed by atoms with Gasteiger partial charge in [-0.15, -0.1) is 0 Å². The van der Waals surface area contributed by atoms with Crippen molar-refractivity contribution in [3.63, 3.8) is 0 Å². The Balaban J connectivity index is 1.36. The summed E-state index contributed by atoms with van der Waals surface area (Å²) >= 11 is 0. The van der Waals surface area contributed by atoms with Crippen LogP contribution in [0, 0.1) is 6.92 Å². The van der Waals surface area contributed by atoms with Gasteiger partial charge in [0, 0.05) is 46.4 Å². The van der Waals surface area contributed by atoms with Crippen LogP contribution in [0.25, 0.3) is 0 Å². The Morgan fingerprint density at radius 3 is 2.56 bits per heavy atom. The Kier molecular flexibility index (Phi) is 8.33. The molecule has 39 heavy (non-hydrogen) atoms. The molecule has 8 nitrogen and oxygen atoms in total. The maximum Gasteiger partial charge on any atom is 0.290 e. The van der Waals surface area contributed by atoms with Crippen LogP contribution in [0.3, 0.4) is 0 Å². The number of nitrogens with zero attached hydrogens (tertiary/aromatic N) is 3. The molecule has 0 radical (unpaired) electrons. The molecular formula is C31H37N3O5. The van der Waals surface area contributed by atoms with E-state index in [2.05, 4.69) is 36.1 Å². The Morgan fingerprint density at radius 2 is 1.85 bits per heavy atom. The van der Waals surface area contributed by atoms with Gasteiger partial charge in [-0.25, -0.2) is 0 Å². The number of carbonyl (C=O) groups is 2. The second kappa shape index (κ2) is 12.1. The van der Waals surface area contributed by atoms with E-state index in [-0.39, 0.29) is 17.9 Å². The van der Waals surface area contributed by atoms with E-state index in [1.807, 2.05) is 34.9 Å². The summed E-state index contributed by atoms with van der Waals surface area (Å²) in [7, 11) is 1.71. The van der Waals surface area contributed by atoms with Gasteiger partial charge in [0.1, 0.15) is 5.75 Å². The molecule has 2 aliphatic rings. The zero-order valence-electron chi connectivity index (χ0n) is 23.0. The van der Waals surface area contributed by atoms with Crippen LogP contribution in [-0.4, -0.2) is 85.6 Å². The molecular weight excluding hydrogens is 494 g/mol. The molecule has 206 valence electrons. The molecule has 0 saturated carbocycles. The van der Waals surface area contributed by atoms with E-state index in [9.17, 15) is 9.59 Å². The van der Waals surface area contributed by atoms with E-state index >= 15 is 0 Å². The fourth-order valence-corrected chi connectivity index (χ4v) is 5.55. The first-order valence-corrected chi connectivity index (χ1v) is 13.6. The lowest BCUT2D eigenvalue weighted by molar-refractivity contribution is -0.139. The molecule has 2 atom stereocenters. The smallest absolute Gasteiger partial charge is 0.290 e. The monoisotopic (exact) mass is 531 g/mol. The quantitative estimate of drug-likeness (QED) is 0.439. The normalized spacial score (nSPS) is 18.5. The predicted molar refractivity (Wildman–Crippen MR) is 148 cm³/mol. The third-order valence-electron chi connectivity index (χ3n) is 7.65. The number of fused-ring (bicyclic) bond motifs is 1. The van der Waals surface area contributed by atoms with E-state index in [1.54, 1.807) is 19.2 Å². The van der Waals surface area contributed by atoms with Gasteiger partial charge in [-0.05, 0) is 61.2 Å². The summed E-state index contributed by atoms with van der Waals surface area (Å²) in [5.74, 6) is 0.795. The number of aryl methyl sites for hydroxylation is 1. The molecule has 5 rings (SSSR count). The summed E-state index contributed by atoms with van der Waals surface area (Å²) in [6, 6.07) is 17.4.